The van der Waals surface area contributed by atoms with E-state index in [1.165, 1.54) is 0 Å². The molecule has 0 radical (unpaired) electrons. The fourth-order valence-electron chi connectivity index (χ4n) is 3.30. The van der Waals surface area contributed by atoms with Crippen molar-refractivity contribution in [3.63, 3.8) is 0 Å². The number of hydrogen-bond donors (Lipinski definition) is 1. The van der Waals surface area contributed by atoms with Gasteiger partial charge in [0, 0.05) is 31.1 Å². The van der Waals surface area contributed by atoms with Gasteiger partial charge in [-0.3, -0.25) is 14.8 Å². The molecule has 3 aromatic rings. The highest BCUT2D eigenvalue weighted by molar-refractivity contribution is 5.99. The van der Waals surface area contributed by atoms with Crippen LogP contribution in [0.3, 0.4) is 0 Å². The number of fused-ring (bicyclic) bond motifs is 3. The summed E-state index contributed by atoms with van der Waals surface area (Å²) in [6.45, 7) is 9.58. The van der Waals surface area contributed by atoms with Crippen molar-refractivity contribution in [2.24, 2.45) is 5.41 Å². The van der Waals surface area contributed by atoms with Gasteiger partial charge in [0.2, 0.25) is 5.91 Å². The molecule has 6 nitrogen and oxygen atoms in total. The molecule has 3 rings (SSSR count). The molecule has 1 N–H and O–H groups in total. The Morgan fingerprint density at radius 2 is 1.96 bits per heavy atom. The van der Waals surface area contributed by atoms with Crippen LogP contribution in [0.4, 0.5) is 0 Å². The largest absolute Gasteiger partial charge is 0.356 e. The molecule has 28 heavy (non-hydrogen) atoms. The van der Waals surface area contributed by atoms with Gasteiger partial charge in [-0.05, 0) is 31.4 Å². The number of aromatic nitrogens is 4. The van der Waals surface area contributed by atoms with Crippen LogP contribution in [0, 0.1) is 5.41 Å². The zero-order chi connectivity index (χ0) is 20.1. The molecule has 0 saturated heterocycles. The number of rotatable bonds is 8. The number of pyridine rings is 2. The Hall–Kier alpha value is -2.50. The van der Waals surface area contributed by atoms with E-state index in [2.05, 4.69) is 26.8 Å². The van der Waals surface area contributed by atoms with Crippen LogP contribution in [-0.2, 0) is 17.8 Å². The fraction of sp³-hybridized carbons (Fsp3) is 0.545. The van der Waals surface area contributed by atoms with Crippen LogP contribution in [0.2, 0.25) is 0 Å². The van der Waals surface area contributed by atoms with Crippen molar-refractivity contribution >= 4 is 28.0 Å². The third-order valence-electron chi connectivity index (χ3n) is 4.94. The maximum absolute atomic E-state index is 12.0. The van der Waals surface area contributed by atoms with E-state index < -0.39 is 0 Å². The van der Waals surface area contributed by atoms with Gasteiger partial charge in [0.05, 0.1) is 17.2 Å². The van der Waals surface area contributed by atoms with Crippen molar-refractivity contribution in [1.29, 1.82) is 0 Å². The first kappa shape index (κ1) is 20.2. The quantitative estimate of drug-likeness (QED) is 0.592. The number of aryl methyl sites for hydroxylation is 2. The van der Waals surface area contributed by atoms with Gasteiger partial charge in [-0.25, -0.2) is 4.98 Å². The third-order valence-corrected chi connectivity index (χ3v) is 4.94. The lowest BCUT2D eigenvalue weighted by Crippen LogP contribution is -2.35. The smallest absolute Gasteiger partial charge is 0.225 e. The lowest BCUT2D eigenvalue weighted by atomic mass is 9.96. The van der Waals surface area contributed by atoms with Crippen LogP contribution in [0.25, 0.3) is 22.1 Å². The minimum absolute atomic E-state index is 0.102. The molecule has 0 aliphatic rings. The summed E-state index contributed by atoms with van der Waals surface area (Å²) in [5.41, 5.74) is 3.46. The highest BCUT2D eigenvalue weighted by atomic mass is 16.2. The number of amides is 1. The second-order valence-corrected chi connectivity index (χ2v) is 8.36. The van der Waals surface area contributed by atoms with Gasteiger partial charge in [0.15, 0.2) is 0 Å². The van der Waals surface area contributed by atoms with Crippen LogP contribution >= 0.6 is 0 Å². The normalized spacial score (nSPS) is 12.0. The molecule has 150 valence electrons. The first-order chi connectivity index (χ1) is 13.4. The first-order valence-corrected chi connectivity index (χ1v) is 10.3. The van der Waals surface area contributed by atoms with Gasteiger partial charge in [-0.15, -0.1) is 0 Å². The van der Waals surface area contributed by atoms with E-state index in [0.29, 0.717) is 6.54 Å². The molecule has 0 spiro atoms. The van der Waals surface area contributed by atoms with Crippen LogP contribution in [-0.4, -0.2) is 32.0 Å². The Bertz CT molecular complexity index is 955. The third kappa shape index (κ3) is 4.49. The summed E-state index contributed by atoms with van der Waals surface area (Å²) in [6, 6.07) is 3.91. The molecule has 0 saturated carbocycles. The average Bonchev–Trinajstić information content (AvgIpc) is 3.03. The Morgan fingerprint density at radius 1 is 1.14 bits per heavy atom. The molecule has 3 heterocycles. The average molecular weight is 382 g/mol. The molecule has 0 aliphatic heterocycles. The van der Waals surface area contributed by atoms with Crippen LogP contribution in [0.1, 0.15) is 59.2 Å². The molecule has 0 unspecified atom stereocenters. The van der Waals surface area contributed by atoms with E-state index in [4.69, 9.17) is 4.98 Å². The highest BCUT2D eigenvalue weighted by Crippen LogP contribution is 2.24. The zero-order valence-corrected chi connectivity index (χ0v) is 17.5. The van der Waals surface area contributed by atoms with Crippen molar-refractivity contribution in [2.75, 3.05) is 6.54 Å². The van der Waals surface area contributed by atoms with Gasteiger partial charge in [0.1, 0.15) is 16.9 Å². The Morgan fingerprint density at radius 3 is 2.71 bits per heavy atom. The summed E-state index contributed by atoms with van der Waals surface area (Å²) in [5.74, 6) is 1.21. The first-order valence-electron chi connectivity index (χ1n) is 10.3. The molecule has 0 bridgehead atoms. The molecule has 3 aromatic heterocycles. The summed E-state index contributed by atoms with van der Waals surface area (Å²) in [6.07, 6.45) is 8.80. The van der Waals surface area contributed by atoms with Gasteiger partial charge in [-0.2, -0.15) is 0 Å². The number of imidazole rings is 1. The standard InChI is InChI=1S/C22H31N5O/c1-5-6-11-18-26-17-15-25-16-10-9-13-23-19(16)20(17)27(18)14-8-7-12-24-21(28)22(2,3)4/h9-10,13,15H,5-8,11-12,14H2,1-4H3,(H,24,28). The molecule has 0 aromatic carbocycles. The maximum Gasteiger partial charge on any atom is 0.225 e. The number of nitrogens with zero attached hydrogens (tertiary/aromatic N) is 4. The van der Waals surface area contributed by atoms with E-state index in [1.54, 1.807) is 0 Å². The predicted molar refractivity (Wildman–Crippen MR) is 113 cm³/mol. The van der Waals surface area contributed by atoms with Crippen molar-refractivity contribution in [3.8, 4) is 0 Å². The Kier molecular flexibility index (Phi) is 6.27. The van der Waals surface area contributed by atoms with Crippen molar-refractivity contribution in [2.45, 2.75) is 66.3 Å². The van der Waals surface area contributed by atoms with Gasteiger partial charge >= 0.3 is 0 Å². The number of nitrogens with one attached hydrogen (secondary N) is 1. The predicted octanol–water partition coefficient (Wildman–Crippen LogP) is 4.26. The van der Waals surface area contributed by atoms with E-state index >= 15 is 0 Å². The van der Waals surface area contributed by atoms with Crippen molar-refractivity contribution in [1.82, 2.24) is 24.8 Å². The van der Waals surface area contributed by atoms with Crippen LogP contribution < -0.4 is 5.32 Å². The number of carbonyl (C=O) groups is 1. The molecule has 1 amide bonds. The van der Waals surface area contributed by atoms with Crippen molar-refractivity contribution in [3.05, 3.63) is 30.4 Å². The summed E-state index contributed by atoms with van der Waals surface area (Å²) >= 11 is 0. The van der Waals surface area contributed by atoms with Crippen molar-refractivity contribution < 1.29 is 4.79 Å². The number of hydrogen-bond acceptors (Lipinski definition) is 4. The summed E-state index contributed by atoms with van der Waals surface area (Å²) in [7, 11) is 0. The van der Waals surface area contributed by atoms with Crippen LogP contribution in [0.15, 0.2) is 24.5 Å². The number of carbonyl (C=O) groups excluding carboxylic acids is 1. The molecular formula is C22H31N5O. The second-order valence-electron chi connectivity index (χ2n) is 8.36. The van der Waals surface area contributed by atoms with Crippen LogP contribution in [0.5, 0.6) is 0 Å². The molecule has 6 heteroatoms. The number of unbranched alkanes of at least 4 members (excludes halogenated alkanes) is 2. The molecule has 0 fully saturated rings. The van der Waals surface area contributed by atoms with Gasteiger partial charge < -0.3 is 9.88 Å². The monoisotopic (exact) mass is 381 g/mol. The lowest BCUT2D eigenvalue weighted by molar-refractivity contribution is -0.128. The Labute approximate surface area is 166 Å². The minimum atomic E-state index is -0.342. The summed E-state index contributed by atoms with van der Waals surface area (Å²) in [4.78, 5) is 25.9. The van der Waals surface area contributed by atoms with E-state index in [1.807, 2.05) is 45.3 Å². The lowest BCUT2D eigenvalue weighted by Gasteiger charge is -2.17. The van der Waals surface area contributed by atoms with Gasteiger partial charge in [-0.1, -0.05) is 34.1 Å². The summed E-state index contributed by atoms with van der Waals surface area (Å²) in [5, 5.41) is 3.03. The topological polar surface area (TPSA) is 72.7 Å². The molecule has 0 atom stereocenters. The minimum Gasteiger partial charge on any atom is -0.356 e. The summed E-state index contributed by atoms with van der Waals surface area (Å²) < 4.78 is 2.31. The van der Waals surface area contributed by atoms with E-state index in [-0.39, 0.29) is 11.3 Å². The molecule has 0 aliphatic carbocycles. The molecular weight excluding hydrogens is 350 g/mol. The van der Waals surface area contributed by atoms with E-state index in [9.17, 15) is 4.79 Å². The highest BCUT2D eigenvalue weighted by Gasteiger charge is 2.20. The zero-order valence-electron chi connectivity index (χ0n) is 17.5. The van der Waals surface area contributed by atoms with E-state index in [0.717, 1.165) is 66.5 Å². The SMILES string of the molecule is CCCCc1nc2cnc3cccnc3c2n1CCCCNC(=O)C(C)(C)C. The fourth-order valence-corrected chi connectivity index (χ4v) is 3.30. The maximum atomic E-state index is 12.0. The Balaban J connectivity index is 1.78. The second kappa shape index (κ2) is 8.67. The van der Waals surface area contributed by atoms with Gasteiger partial charge in [0.25, 0.3) is 0 Å².